The molecule has 0 aromatic heterocycles. The van der Waals surface area contributed by atoms with Crippen molar-refractivity contribution in [3.63, 3.8) is 0 Å². The smallest absolute Gasteiger partial charge is 0.257 e. The van der Waals surface area contributed by atoms with Crippen LogP contribution >= 0.6 is 15.9 Å². The lowest BCUT2D eigenvalue weighted by atomic mass is 10.2. The van der Waals surface area contributed by atoms with Crippen LogP contribution in [0.15, 0.2) is 22.7 Å². The molecule has 2 N–H and O–H groups in total. The highest BCUT2D eigenvalue weighted by Gasteiger charge is 2.10. The van der Waals surface area contributed by atoms with Gasteiger partial charge in [0.25, 0.3) is 5.91 Å². The van der Waals surface area contributed by atoms with E-state index in [0.29, 0.717) is 19.1 Å². The lowest BCUT2D eigenvalue weighted by molar-refractivity contribution is -0.123. The second kappa shape index (κ2) is 9.79. The summed E-state index contributed by atoms with van der Waals surface area (Å²) in [5.74, 6) is 0.651. The van der Waals surface area contributed by atoms with Crippen LogP contribution in [0.5, 0.6) is 5.75 Å². The normalized spacial score (nSPS) is 10.7. The number of ether oxygens (including phenoxy) is 1. The minimum atomic E-state index is -0.0815. The zero-order valence-corrected chi connectivity index (χ0v) is 14.6. The molecular weight excluding hydrogens is 332 g/mol. The third-order valence-corrected chi connectivity index (χ3v) is 3.57. The summed E-state index contributed by atoms with van der Waals surface area (Å²) in [5.41, 5.74) is 1.04. The molecule has 0 bridgehead atoms. The maximum atomic E-state index is 11.7. The second-order valence-electron chi connectivity index (χ2n) is 5.26. The summed E-state index contributed by atoms with van der Waals surface area (Å²) in [6.45, 7) is 7.75. The third kappa shape index (κ3) is 6.96. The van der Waals surface area contributed by atoms with Crippen molar-refractivity contribution in [1.29, 1.82) is 0 Å². The molecule has 0 atom stereocenters. The number of carbonyl (C=O) groups excluding carboxylic acids is 1. The Morgan fingerprint density at radius 3 is 2.81 bits per heavy atom. The molecule has 0 heterocycles. The van der Waals surface area contributed by atoms with Crippen LogP contribution < -0.4 is 15.4 Å². The van der Waals surface area contributed by atoms with Gasteiger partial charge in [0.05, 0.1) is 4.47 Å². The SMILES string of the molecule is CCCCNC(=O)COc1c(Br)cccc1CNC(C)C. The van der Waals surface area contributed by atoms with Crippen LogP contribution in [0.3, 0.4) is 0 Å². The molecule has 5 heteroatoms. The van der Waals surface area contributed by atoms with Crippen LogP contribution in [0.1, 0.15) is 39.2 Å². The molecule has 0 saturated carbocycles. The van der Waals surface area contributed by atoms with Gasteiger partial charge in [0.2, 0.25) is 0 Å². The van der Waals surface area contributed by atoms with Crippen LogP contribution in [0.2, 0.25) is 0 Å². The minimum Gasteiger partial charge on any atom is -0.482 e. The highest BCUT2D eigenvalue weighted by molar-refractivity contribution is 9.10. The van der Waals surface area contributed by atoms with Gasteiger partial charge in [0, 0.05) is 24.7 Å². The molecule has 1 rings (SSSR count). The molecule has 0 aliphatic heterocycles. The summed E-state index contributed by atoms with van der Waals surface area (Å²) < 4.78 is 6.56. The van der Waals surface area contributed by atoms with Crippen LogP contribution in [0, 0.1) is 0 Å². The monoisotopic (exact) mass is 356 g/mol. The summed E-state index contributed by atoms with van der Waals surface area (Å²) >= 11 is 3.48. The fraction of sp³-hybridized carbons (Fsp3) is 0.562. The van der Waals surface area contributed by atoms with E-state index in [-0.39, 0.29) is 12.5 Å². The lowest BCUT2D eigenvalue weighted by Crippen LogP contribution is -2.30. The summed E-state index contributed by atoms with van der Waals surface area (Å²) in [7, 11) is 0. The van der Waals surface area contributed by atoms with E-state index in [4.69, 9.17) is 4.74 Å². The third-order valence-electron chi connectivity index (χ3n) is 2.95. The summed E-state index contributed by atoms with van der Waals surface area (Å²) in [5, 5.41) is 6.21. The van der Waals surface area contributed by atoms with Gasteiger partial charge in [-0.1, -0.05) is 39.3 Å². The van der Waals surface area contributed by atoms with E-state index in [0.717, 1.165) is 28.6 Å². The average Bonchev–Trinajstić information content (AvgIpc) is 2.44. The van der Waals surface area contributed by atoms with Gasteiger partial charge in [-0.2, -0.15) is 0 Å². The summed E-state index contributed by atoms with van der Waals surface area (Å²) in [4.78, 5) is 11.7. The number of benzene rings is 1. The maximum absolute atomic E-state index is 11.7. The van der Waals surface area contributed by atoms with E-state index < -0.39 is 0 Å². The van der Waals surface area contributed by atoms with Gasteiger partial charge in [-0.15, -0.1) is 0 Å². The standard InChI is InChI=1S/C16H25BrN2O2/c1-4-5-9-18-15(20)11-21-16-13(10-19-12(2)3)7-6-8-14(16)17/h6-8,12,19H,4-5,9-11H2,1-3H3,(H,18,20). The topological polar surface area (TPSA) is 50.4 Å². The number of halogens is 1. The highest BCUT2D eigenvalue weighted by Crippen LogP contribution is 2.29. The molecule has 0 radical (unpaired) electrons. The molecule has 0 fully saturated rings. The number of hydrogen-bond donors (Lipinski definition) is 2. The summed E-state index contributed by atoms with van der Waals surface area (Å²) in [6, 6.07) is 6.29. The first kappa shape index (κ1) is 18.0. The zero-order chi connectivity index (χ0) is 15.7. The molecule has 1 amide bonds. The number of hydrogen-bond acceptors (Lipinski definition) is 3. The van der Waals surface area contributed by atoms with Crippen LogP contribution in [-0.2, 0) is 11.3 Å². The molecule has 1 aromatic carbocycles. The van der Waals surface area contributed by atoms with Crippen molar-refractivity contribution in [2.45, 2.75) is 46.2 Å². The van der Waals surface area contributed by atoms with Crippen molar-refractivity contribution >= 4 is 21.8 Å². The molecule has 0 unspecified atom stereocenters. The summed E-state index contributed by atoms with van der Waals surface area (Å²) in [6.07, 6.45) is 2.06. The van der Waals surface area contributed by atoms with Crippen molar-refractivity contribution in [1.82, 2.24) is 10.6 Å². The van der Waals surface area contributed by atoms with E-state index in [1.165, 1.54) is 0 Å². The number of unbranched alkanes of at least 4 members (excludes halogenated alkanes) is 1. The fourth-order valence-corrected chi connectivity index (χ4v) is 2.28. The predicted octanol–water partition coefficient (Wildman–Crippen LogP) is 3.24. The molecule has 0 spiro atoms. The Morgan fingerprint density at radius 1 is 1.38 bits per heavy atom. The van der Waals surface area contributed by atoms with E-state index in [9.17, 15) is 4.79 Å². The maximum Gasteiger partial charge on any atom is 0.257 e. The molecule has 0 saturated heterocycles. The molecule has 118 valence electrons. The van der Waals surface area contributed by atoms with E-state index in [1.54, 1.807) is 0 Å². The molecule has 1 aromatic rings. The quantitative estimate of drug-likeness (QED) is 0.667. The Kier molecular flexibility index (Phi) is 8.38. The van der Waals surface area contributed by atoms with Crippen molar-refractivity contribution < 1.29 is 9.53 Å². The van der Waals surface area contributed by atoms with Gasteiger partial charge in [0.15, 0.2) is 6.61 Å². The minimum absolute atomic E-state index is 0.0427. The van der Waals surface area contributed by atoms with Gasteiger partial charge in [0.1, 0.15) is 5.75 Å². The number of rotatable bonds is 9. The largest absolute Gasteiger partial charge is 0.482 e. The Labute approximate surface area is 135 Å². The first-order valence-corrected chi connectivity index (χ1v) is 8.24. The van der Waals surface area contributed by atoms with Crippen molar-refractivity contribution in [2.24, 2.45) is 0 Å². The van der Waals surface area contributed by atoms with Crippen LogP contribution in [0.25, 0.3) is 0 Å². The molecular formula is C16H25BrN2O2. The van der Waals surface area contributed by atoms with Crippen LogP contribution in [0.4, 0.5) is 0 Å². The van der Waals surface area contributed by atoms with Crippen LogP contribution in [-0.4, -0.2) is 25.1 Å². The molecule has 0 aliphatic rings. The average molecular weight is 357 g/mol. The van der Waals surface area contributed by atoms with E-state index in [1.807, 2.05) is 18.2 Å². The van der Waals surface area contributed by atoms with Gasteiger partial charge >= 0.3 is 0 Å². The van der Waals surface area contributed by atoms with Gasteiger partial charge in [-0.3, -0.25) is 4.79 Å². The fourth-order valence-electron chi connectivity index (χ4n) is 1.76. The first-order valence-electron chi connectivity index (χ1n) is 7.44. The Bertz CT molecular complexity index is 450. The number of para-hydroxylation sites is 1. The lowest BCUT2D eigenvalue weighted by Gasteiger charge is -2.15. The second-order valence-corrected chi connectivity index (χ2v) is 6.11. The highest BCUT2D eigenvalue weighted by atomic mass is 79.9. The Morgan fingerprint density at radius 2 is 2.14 bits per heavy atom. The van der Waals surface area contributed by atoms with Crippen molar-refractivity contribution in [3.8, 4) is 5.75 Å². The van der Waals surface area contributed by atoms with Gasteiger partial charge < -0.3 is 15.4 Å². The molecule has 4 nitrogen and oxygen atoms in total. The molecule has 21 heavy (non-hydrogen) atoms. The van der Waals surface area contributed by atoms with E-state index in [2.05, 4.69) is 47.3 Å². The van der Waals surface area contributed by atoms with E-state index >= 15 is 0 Å². The first-order chi connectivity index (χ1) is 10.0. The Balaban J connectivity index is 2.58. The molecule has 0 aliphatic carbocycles. The van der Waals surface area contributed by atoms with Crippen molar-refractivity contribution in [3.05, 3.63) is 28.2 Å². The Hall–Kier alpha value is -1.07. The number of nitrogens with one attached hydrogen (secondary N) is 2. The van der Waals surface area contributed by atoms with Gasteiger partial charge in [-0.25, -0.2) is 0 Å². The van der Waals surface area contributed by atoms with Crippen molar-refractivity contribution in [2.75, 3.05) is 13.2 Å². The number of carbonyl (C=O) groups is 1. The van der Waals surface area contributed by atoms with Gasteiger partial charge in [-0.05, 0) is 28.4 Å². The predicted molar refractivity (Wildman–Crippen MR) is 89.5 cm³/mol. The number of amides is 1. The zero-order valence-electron chi connectivity index (χ0n) is 13.0.